The SMILES string of the molecule is CCn1cc(CNC(C)c2ccc(C#N)cc2)cn1. The lowest BCUT2D eigenvalue weighted by atomic mass is 10.1. The topological polar surface area (TPSA) is 53.6 Å². The molecule has 0 radical (unpaired) electrons. The van der Waals surface area contributed by atoms with Gasteiger partial charge in [0.2, 0.25) is 0 Å². The van der Waals surface area contributed by atoms with Gasteiger partial charge in [-0.15, -0.1) is 0 Å². The number of hydrogen-bond acceptors (Lipinski definition) is 3. The first-order valence-corrected chi connectivity index (χ1v) is 6.47. The van der Waals surface area contributed by atoms with Crippen LogP contribution in [0.4, 0.5) is 0 Å². The number of benzene rings is 1. The predicted molar refractivity (Wildman–Crippen MR) is 74.3 cm³/mol. The molecule has 2 aromatic rings. The Labute approximate surface area is 113 Å². The molecule has 0 saturated carbocycles. The summed E-state index contributed by atoms with van der Waals surface area (Å²) < 4.78 is 1.92. The summed E-state index contributed by atoms with van der Waals surface area (Å²) in [5.74, 6) is 0. The van der Waals surface area contributed by atoms with Gasteiger partial charge in [0, 0.05) is 30.9 Å². The number of aryl methyl sites for hydroxylation is 1. The fraction of sp³-hybridized carbons (Fsp3) is 0.333. The molecule has 1 N–H and O–H groups in total. The Bertz CT molecular complexity index is 563. The first-order valence-electron chi connectivity index (χ1n) is 6.47. The van der Waals surface area contributed by atoms with Gasteiger partial charge in [0.05, 0.1) is 17.8 Å². The van der Waals surface area contributed by atoms with E-state index in [-0.39, 0.29) is 6.04 Å². The third-order valence-corrected chi connectivity index (χ3v) is 3.16. The number of nitrogens with one attached hydrogen (secondary N) is 1. The average molecular weight is 254 g/mol. The smallest absolute Gasteiger partial charge is 0.0991 e. The van der Waals surface area contributed by atoms with E-state index in [1.807, 2.05) is 35.1 Å². The van der Waals surface area contributed by atoms with Crippen molar-refractivity contribution in [1.82, 2.24) is 15.1 Å². The summed E-state index contributed by atoms with van der Waals surface area (Å²) in [6.45, 7) is 5.88. The van der Waals surface area contributed by atoms with Gasteiger partial charge in [-0.25, -0.2) is 0 Å². The lowest BCUT2D eigenvalue weighted by Gasteiger charge is -2.13. The Hall–Kier alpha value is -2.12. The van der Waals surface area contributed by atoms with Crippen LogP contribution < -0.4 is 5.32 Å². The number of rotatable bonds is 5. The zero-order chi connectivity index (χ0) is 13.7. The van der Waals surface area contributed by atoms with E-state index in [9.17, 15) is 0 Å². The maximum atomic E-state index is 8.77. The van der Waals surface area contributed by atoms with E-state index in [1.54, 1.807) is 0 Å². The van der Waals surface area contributed by atoms with E-state index >= 15 is 0 Å². The Morgan fingerprint density at radius 1 is 1.37 bits per heavy atom. The van der Waals surface area contributed by atoms with Gasteiger partial charge in [-0.1, -0.05) is 12.1 Å². The second-order valence-corrected chi connectivity index (χ2v) is 4.54. The van der Waals surface area contributed by atoms with Crippen molar-refractivity contribution in [3.63, 3.8) is 0 Å². The Morgan fingerprint density at radius 3 is 2.68 bits per heavy atom. The highest BCUT2D eigenvalue weighted by Gasteiger charge is 2.05. The summed E-state index contributed by atoms with van der Waals surface area (Å²) in [7, 11) is 0. The van der Waals surface area contributed by atoms with Crippen LogP contribution >= 0.6 is 0 Å². The zero-order valence-electron chi connectivity index (χ0n) is 11.3. The molecule has 98 valence electrons. The normalized spacial score (nSPS) is 12.1. The molecular weight excluding hydrogens is 236 g/mol. The zero-order valence-corrected chi connectivity index (χ0v) is 11.3. The second kappa shape index (κ2) is 6.17. The summed E-state index contributed by atoms with van der Waals surface area (Å²) >= 11 is 0. The van der Waals surface area contributed by atoms with Crippen LogP contribution in [0.25, 0.3) is 0 Å². The molecular formula is C15H18N4. The van der Waals surface area contributed by atoms with E-state index in [0.717, 1.165) is 13.1 Å². The van der Waals surface area contributed by atoms with Crippen LogP contribution in [0, 0.1) is 11.3 Å². The van der Waals surface area contributed by atoms with Crippen LogP contribution in [-0.4, -0.2) is 9.78 Å². The van der Waals surface area contributed by atoms with Gasteiger partial charge >= 0.3 is 0 Å². The standard InChI is InChI=1S/C15H18N4/c1-3-19-11-14(10-18-19)9-17-12(2)15-6-4-13(8-16)5-7-15/h4-7,10-12,17H,3,9H2,1-2H3. The maximum Gasteiger partial charge on any atom is 0.0991 e. The van der Waals surface area contributed by atoms with Gasteiger partial charge in [0.25, 0.3) is 0 Å². The molecule has 1 atom stereocenters. The second-order valence-electron chi connectivity index (χ2n) is 4.54. The maximum absolute atomic E-state index is 8.77. The highest BCUT2D eigenvalue weighted by molar-refractivity contribution is 5.32. The number of hydrogen-bond donors (Lipinski definition) is 1. The quantitative estimate of drug-likeness (QED) is 0.892. The van der Waals surface area contributed by atoms with E-state index in [4.69, 9.17) is 5.26 Å². The van der Waals surface area contributed by atoms with Crippen molar-refractivity contribution >= 4 is 0 Å². The summed E-state index contributed by atoms with van der Waals surface area (Å²) in [6, 6.07) is 10.1. The molecule has 2 rings (SSSR count). The predicted octanol–water partition coefficient (Wildman–Crippen LogP) is 2.63. The molecule has 4 heteroatoms. The third kappa shape index (κ3) is 3.43. The molecule has 0 fully saturated rings. The number of nitrogens with zero attached hydrogens (tertiary/aromatic N) is 3. The van der Waals surface area contributed by atoms with E-state index in [1.165, 1.54) is 11.1 Å². The first-order chi connectivity index (χ1) is 9.22. The summed E-state index contributed by atoms with van der Waals surface area (Å²) in [5, 5.41) is 16.5. The van der Waals surface area contributed by atoms with Crippen molar-refractivity contribution in [2.45, 2.75) is 33.0 Å². The highest BCUT2D eigenvalue weighted by atomic mass is 15.3. The number of aromatic nitrogens is 2. The van der Waals surface area contributed by atoms with E-state index in [2.05, 4.69) is 36.5 Å². The molecule has 0 saturated heterocycles. The van der Waals surface area contributed by atoms with Gasteiger partial charge in [0.1, 0.15) is 0 Å². The molecule has 4 nitrogen and oxygen atoms in total. The molecule has 0 bridgehead atoms. The molecule has 1 aromatic heterocycles. The monoisotopic (exact) mass is 254 g/mol. The molecule has 19 heavy (non-hydrogen) atoms. The van der Waals surface area contributed by atoms with Crippen molar-refractivity contribution in [3.05, 3.63) is 53.3 Å². The van der Waals surface area contributed by atoms with Crippen molar-refractivity contribution in [3.8, 4) is 6.07 Å². The average Bonchev–Trinajstić information content (AvgIpc) is 2.93. The molecule has 1 aromatic carbocycles. The fourth-order valence-corrected chi connectivity index (χ4v) is 1.91. The lowest BCUT2D eigenvalue weighted by Crippen LogP contribution is -2.17. The van der Waals surface area contributed by atoms with Crippen LogP contribution in [-0.2, 0) is 13.1 Å². The summed E-state index contributed by atoms with van der Waals surface area (Å²) in [6.07, 6.45) is 3.94. The third-order valence-electron chi connectivity index (χ3n) is 3.16. The molecule has 1 heterocycles. The fourth-order valence-electron chi connectivity index (χ4n) is 1.91. The lowest BCUT2D eigenvalue weighted by molar-refractivity contribution is 0.574. The molecule has 0 aliphatic heterocycles. The van der Waals surface area contributed by atoms with Crippen LogP contribution in [0.3, 0.4) is 0 Å². The van der Waals surface area contributed by atoms with Crippen LogP contribution in [0.2, 0.25) is 0 Å². The molecule has 1 unspecified atom stereocenters. The molecule has 0 spiro atoms. The van der Waals surface area contributed by atoms with Gasteiger partial charge in [0.15, 0.2) is 0 Å². The van der Waals surface area contributed by atoms with Gasteiger partial charge in [-0.3, -0.25) is 4.68 Å². The Morgan fingerprint density at radius 2 is 2.11 bits per heavy atom. The minimum Gasteiger partial charge on any atom is -0.306 e. The first kappa shape index (κ1) is 13.3. The molecule has 0 aliphatic rings. The van der Waals surface area contributed by atoms with E-state index < -0.39 is 0 Å². The summed E-state index contributed by atoms with van der Waals surface area (Å²) in [5.41, 5.74) is 3.06. The Kier molecular flexibility index (Phi) is 4.32. The summed E-state index contributed by atoms with van der Waals surface area (Å²) in [4.78, 5) is 0. The van der Waals surface area contributed by atoms with Crippen molar-refractivity contribution in [2.75, 3.05) is 0 Å². The van der Waals surface area contributed by atoms with Crippen molar-refractivity contribution < 1.29 is 0 Å². The van der Waals surface area contributed by atoms with Crippen LogP contribution in [0.15, 0.2) is 36.7 Å². The van der Waals surface area contributed by atoms with Gasteiger partial charge in [-0.2, -0.15) is 10.4 Å². The Balaban J connectivity index is 1.93. The van der Waals surface area contributed by atoms with Gasteiger partial charge < -0.3 is 5.32 Å². The van der Waals surface area contributed by atoms with Crippen molar-refractivity contribution in [1.29, 1.82) is 5.26 Å². The number of nitriles is 1. The minimum absolute atomic E-state index is 0.248. The minimum atomic E-state index is 0.248. The van der Waals surface area contributed by atoms with Crippen molar-refractivity contribution in [2.24, 2.45) is 0 Å². The van der Waals surface area contributed by atoms with Crippen LogP contribution in [0.5, 0.6) is 0 Å². The van der Waals surface area contributed by atoms with Crippen LogP contribution in [0.1, 0.15) is 36.6 Å². The molecule has 0 amide bonds. The highest BCUT2D eigenvalue weighted by Crippen LogP contribution is 2.13. The largest absolute Gasteiger partial charge is 0.306 e. The van der Waals surface area contributed by atoms with Gasteiger partial charge in [-0.05, 0) is 31.5 Å². The van der Waals surface area contributed by atoms with E-state index in [0.29, 0.717) is 5.56 Å². The molecule has 0 aliphatic carbocycles.